The Balaban J connectivity index is 1.86. The van der Waals surface area contributed by atoms with Crippen LogP contribution in [0.15, 0.2) is 83.8 Å². The molecule has 0 aliphatic carbocycles. The number of aromatic amines is 1. The fourth-order valence-corrected chi connectivity index (χ4v) is 3.85. The largest absolute Gasteiger partial charge is 0.505 e. The summed E-state index contributed by atoms with van der Waals surface area (Å²) in [5, 5.41) is 13.0. The Bertz CT molecular complexity index is 1400. The predicted molar refractivity (Wildman–Crippen MR) is 114 cm³/mol. The first-order valence-corrected chi connectivity index (χ1v) is 9.21. The van der Waals surface area contributed by atoms with Gasteiger partial charge in [0.2, 0.25) is 0 Å². The van der Waals surface area contributed by atoms with Crippen molar-refractivity contribution in [1.82, 2.24) is 9.55 Å². The van der Waals surface area contributed by atoms with Crippen LogP contribution in [-0.4, -0.2) is 14.7 Å². The third-order valence-corrected chi connectivity index (χ3v) is 5.20. The first kappa shape index (κ1) is 16.7. The molecule has 5 aromatic rings. The van der Waals surface area contributed by atoms with Gasteiger partial charge in [0.15, 0.2) is 11.4 Å². The molecule has 0 amide bonds. The van der Waals surface area contributed by atoms with E-state index >= 15 is 0 Å². The van der Waals surface area contributed by atoms with Crippen LogP contribution in [0, 0.1) is 0 Å². The second-order valence-electron chi connectivity index (χ2n) is 6.64. The van der Waals surface area contributed by atoms with Crippen LogP contribution in [0.3, 0.4) is 0 Å². The Morgan fingerprint density at radius 1 is 0.893 bits per heavy atom. The SMILES string of the molecule is O=c1[nH]c2cc(Cl)ccc2c(O)c1-n1cc(-c2ccccc2)c2ccccc21. The van der Waals surface area contributed by atoms with Gasteiger partial charge in [-0.05, 0) is 29.8 Å². The number of H-pyrrole nitrogens is 1. The van der Waals surface area contributed by atoms with Gasteiger partial charge in [-0.25, -0.2) is 0 Å². The monoisotopic (exact) mass is 386 g/mol. The molecule has 0 atom stereocenters. The molecule has 0 aliphatic rings. The Hall–Kier alpha value is -3.50. The van der Waals surface area contributed by atoms with E-state index < -0.39 is 0 Å². The maximum atomic E-state index is 12.9. The highest BCUT2D eigenvalue weighted by molar-refractivity contribution is 6.31. The van der Waals surface area contributed by atoms with E-state index in [1.807, 2.05) is 60.8 Å². The summed E-state index contributed by atoms with van der Waals surface area (Å²) in [7, 11) is 0. The lowest BCUT2D eigenvalue weighted by Gasteiger charge is -2.10. The molecule has 0 saturated heterocycles. The molecule has 5 heteroatoms. The van der Waals surface area contributed by atoms with E-state index in [0.717, 1.165) is 22.0 Å². The highest BCUT2D eigenvalue weighted by Crippen LogP contribution is 2.35. The lowest BCUT2D eigenvalue weighted by atomic mass is 10.1. The van der Waals surface area contributed by atoms with Gasteiger partial charge < -0.3 is 14.7 Å². The summed E-state index contributed by atoms with van der Waals surface area (Å²) in [6, 6.07) is 22.8. The third-order valence-electron chi connectivity index (χ3n) is 4.96. The van der Waals surface area contributed by atoms with Crippen molar-refractivity contribution < 1.29 is 5.11 Å². The zero-order valence-corrected chi connectivity index (χ0v) is 15.4. The maximum Gasteiger partial charge on any atom is 0.276 e. The molecular weight excluding hydrogens is 372 g/mol. The van der Waals surface area contributed by atoms with Crippen molar-refractivity contribution in [2.45, 2.75) is 0 Å². The van der Waals surface area contributed by atoms with Crippen molar-refractivity contribution in [1.29, 1.82) is 0 Å². The molecule has 2 aromatic heterocycles. The van der Waals surface area contributed by atoms with E-state index in [4.69, 9.17) is 11.6 Å². The van der Waals surface area contributed by atoms with E-state index in [-0.39, 0.29) is 17.0 Å². The highest BCUT2D eigenvalue weighted by atomic mass is 35.5. The molecule has 136 valence electrons. The average Bonchev–Trinajstić information content (AvgIpc) is 3.08. The Labute approximate surface area is 165 Å². The second-order valence-corrected chi connectivity index (χ2v) is 7.07. The number of nitrogens with one attached hydrogen (secondary N) is 1. The lowest BCUT2D eigenvalue weighted by molar-refractivity contribution is 0.478. The number of aromatic hydroxyl groups is 1. The van der Waals surface area contributed by atoms with Gasteiger partial charge in [0.05, 0.1) is 11.0 Å². The Morgan fingerprint density at radius 2 is 1.64 bits per heavy atom. The molecule has 0 fully saturated rings. The summed E-state index contributed by atoms with van der Waals surface area (Å²) in [6.07, 6.45) is 1.89. The van der Waals surface area contributed by atoms with Gasteiger partial charge in [0.25, 0.3) is 5.56 Å². The van der Waals surface area contributed by atoms with Gasteiger partial charge in [-0.3, -0.25) is 4.79 Å². The number of nitrogens with zero attached hydrogens (tertiary/aromatic N) is 1. The molecule has 3 aromatic carbocycles. The van der Waals surface area contributed by atoms with Gasteiger partial charge in [-0.1, -0.05) is 60.1 Å². The highest BCUT2D eigenvalue weighted by Gasteiger charge is 2.18. The fourth-order valence-electron chi connectivity index (χ4n) is 3.68. The molecule has 0 aliphatic heterocycles. The number of fused-ring (bicyclic) bond motifs is 2. The smallest absolute Gasteiger partial charge is 0.276 e. The van der Waals surface area contributed by atoms with Crippen LogP contribution >= 0.6 is 11.6 Å². The number of halogens is 1. The Morgan fingerprint density at radius 3 is 2.46 bits per heavy atom. The standard InChI is InChI=1S/C23H15ClN2O2/c24-15-10-11-17-19(12-15)25-23(28)21(22(17)27)26-13-18(14-6-2-1-3-7-14)16-8-4-5-9-20(16)26/h1-13H,(H2,25,27,28). The number of rotatable bonds is 2. The van der Waals surface area contributed by atoms with E-state index in [0.29, 0.717) is 15.9 Å². The summed E-state index contributed by atoms with van der Waals surface area (Å²) in [5.41, 5.74) is 3.18. The van der Waals surface area contributed by atoms with Crippen LogP contribution in [0.4, 0.5) is 0 Å². The zero-order valence-electron chi connectivity index (χ0n) is 14.7. The lowest BCUT2D eigenvalue weighted by Crippen LogP contribution is -2.14. The van der Waals surface area contributed by atoms with Gasteiger partial charge in [-0.15, -0.1) is 0 Å². The predicted octanol–water partition coefficient (Wildman–Crippen LogP) is 5.50. The van der Waals surface area contributed by atoms with Crippen LogP contribution in [0.1, 0.15) is 0 Å². The van der Waals surface area contributed by atoms with Crippen LogP contribution in [0.25, 0.3) is 38.6 Å². The zero-order chi connectivity index (χ0) is 19.3. The van der Waals surface area contributed by atoms with Crippen molar-refractivity contribution in [3.63, 3.8) is 0 Å². The number of benzene rings is 3. The molecule has 2 heterocycles. The number of pyridine rings is 1. The molecule has 0 bridgehead atoms. The molecule has 5 rings (SSSR count). The van der Waals surface area contributed by atoms with E-state index in [1.165, 1.54) is 0 Å². The third kappa shape index (κ3) is 2.50. The molecule has 4 nitrogen and oxygen atoms in total. The summed E-state index contributed by atoms with van der Waals surface area (Å²) in [6.45, 7) is 0. The van der Waals surface area contributed by atoms with Crippen molar-refractivity contribution in [2.75, 3.05) is 0 Å². The number of para-hydroxylation sites is 1. The molecule has 0 unspecified atom stereocenters. The molecule has 0 saturated carbocycles. The first-order valence-electron chi connectivity index (χ1n) is 8.84. The summed E-state index contributed by atoms with van der Waals surface area (Å²) >= 11 is 6.02. The fraction of sp³-hybridized carbons (Fsp3) is 0. The quantitative estimate of drug-likeness (QED) is 0.421. The second kappa shape index (κ2) is 6.29. The van der Waals surface area contributed by atoms with Crippen molar-refractivity contribution in [3.8, 4) is 22.6 Å². The molecule has 0 spiro atoms. The van der Waals surface area contributed by atoms with Crippen molar-refractivity contribution in [3.05, 3.63) is 94.4 Å². The van der Waals surface area contributed by atoms with Gasteiger partial charge in [0, 0.05) is 27.6 Å². The van der Waals surface area contributed by atoms with Crippen LogP contribution in [0.2, 0.25) is 5.02 Å². The van der Waals surface area contributed by atoms with E-state index in [9.17, 15) is 9.90 Å². The number of aromatic nitrogens is 2. The maximum absolute atomic E-state index is 12.9. The van der Waals surface area contributed by atoms with Crippen LogP contribution in [0.5, 0.6) is 5.75 Å². The minimum absolute atomic E-state index is 0.0734. The van der Waals surface area contributed by atoms with Gasteiger partial charge >= 0.3 is 0 Å². The van der Waals surface area contributed by atoms with Crippen LogP contribution in [-0.2, 0) is 0 Å². The minimum Gasteiger partial charge on any atom is -0.505 e. The molecular formula is C23H15ClN2O2. The van der Waals surface area contributed by atoms with Crippen molar-refractivity contribution >= 4 is 33.4 Å². The van der Waals surface area contributed by atoms with Gasteiger partial charge in [0.1, 0.15) is 0 Å². The average molecular weight is 387 g/mol. The van der Waals surface area contributed by atoms with Gasteiger partial charge in [-0.2, -0.15) is 0 Å². The number of hydrogen-bond acceptors (Lipinski definition) is 2. The number of hydrogen-bond donors (Lipinski definition) is 2. The Kier molecular flexibility index (Phi) is 3.74. The first-order chi connectivity index (χ1) is 13.6. The summed E-state index contributed by atoms with van der Waals surface area (Å²) in [5.74, 6) is -0.0734. The van der Waals surface area contributed by atoms with E-state index in [1.54, 1.807) is 22.8 Å². The van der Waals surface area contributed by atoms with E-state index in [2.05, 4.69) is 4.98 Å². The minimum atomic E-state index is -0.382. The van der Waals surface area contributed by atoms with Crippen LogP contribution < -0.4 is 5.56 Å². The topological polar surface area (TPSA) is 58.0 Å². The van der Waals surface area contributed by atoms with Crippen molar-refractivity contribution in [2.24, 2.45) is 0 Å². The normalized spacial score (nSPS) is 11.3. The molecule has 2 N–H and O–H groups in total. The summed E-state index contributed by atoms with van der Waals surface area (Å²) < 4.78 is 1.75. The molecule has 0 radical (unpaired) electrons. The summed E-state index contributed by atoms with van der Waals surface area (Å²) in [4.78, 5) is 15.7. The molecule has 28 heavy (non-hydrogen) atoms.